The maximum Gasteiger partial charge on any atom is 0.0888 e. The first kappa shape index (κ1) is 27.8. The minimum Gasteiger partial charge on any atom is -0.515 e. The number of nitrogens with zero attached hydrogens (tertiary/aromatic N) is 3. The number of aromatic amines is 1. The summed E-state index contributed by atoms with van der Waals surface area (Å²) in [4.78, 5) is 18.9. The molecule has 0 amide bonds. The second-order valence-corrected chi connectivity index (χ2v) is 10.3. The average Bonchev–Trinajstić information content (AvgIpc) is 3.67. The van der Waals surface area contributed by atoms with Crippen molar-refractivity contribution in [1.29, 1.82) is 0 Å². The highest BCUT2D eigenvalue weighted by Gasteiger charge is 2.27. The molecule has 0 unspecified atom stereocenters. The summed E-state index contributed by atoms with van der Waals surface area (Å²) < 4.78 is 0. The monoisotopic (exact) mass is 536 g/mol. The van der Waals surface area contributed by atoms with E-state index >= 15 is 0 Å². The fourth-order valence-corrected chi connectivity index (χ4v) is 6.48. The van der Waals surface area contributed by atoms with Gasteiger partial charge < -0.3 is 15.2 Å². The molecule has 4 aliphatic heterocycles. The third kappa shape index (κ3) is 4.44. The highest BCUT2D eigenvalue weighted by Crippen LogP contribution is 2.36. The zero-order valence-electron chi connectivity index (χ0n) is 24.6. The zero-order valence-corrected chi connectivity index (χ0v) is 24.6. The van der Waals surface area contributed by atoms with Crippen molar-refractivity contribution in [3.63, 3.8) is 0 Å². The van der Waals surface area contributed by atoms with Gasteiger partial charge in [-0.2, -0.15) is 0 Å². The van der Waals surface area contributed by atoms with Crippen LogP contribution in [0.3, 0.4) is 0 Å². The van der Waals surface area contributed by atoms with Gasteiger partial charge in [-0.1, -0.05) is 41.5 Å². The van der Waals surface area contributed by atoms with Crippen LogP contribution < -0.4 is 10.6 Å². The third-order valence-electron chi connectivity index (χ3n) is 8.40. The van der Waals surface area contributed by atoms with Crippen molar-refractivity contribution >= 4 is 35.5 Å². The topological polar surface area (TPSA) is 93.3 Å². The standard InChI is InChI=1S/C34H40N4O2/c1-7-19-21(9-3)29-15-33-26(18-40)24(12-6)32(38-33)14-28-20(8-2)22(10-4)30(36-28)16-34-25(17-39)23(11-5)31(37-34)13-27(19)35-29/h13-17,37,39-40H,7-12,18H2,1-6H3/b25-17+,27-13?,28-14?,33-15?,34-16?. The Hall–Kier alpha value is -3.77. The van der Waals surface area contributed by atoms with Crippen molar-refractivity contribution in [2.75, 3.05) is 6.61 Å². The lowest BCUT2D eigenvalue weighted by molar-refractivity contribution is 0.333. The molecular weight excluding hydrogens is 496 g/mol. The van der Waals surface area contributed by atoms with Crippen molar-refractivity contribution in [2.24, 2.45) is 15.0 Å². The van der Waals surface area contributed by atoms with E-state index in [9.17, 15) is 10.2 Å². The van der Waals surface area contributed by atoms with E-state index < -0.39 is 0 Å². The number of allylic oxidation sites excluding steroid dienone is 7. The Morgan fingerprint density at radius 2 is 1.05 bits per heavy atom. The highest BCUT2D eigenvalue weighted by molar-refractivity contribution is 6.24. The molecule has 0 spiro atoms. The second kappa shape index (κ2) is 11.4. The lowest BCUT2D eigenvalue weighted by Gasteiger charge is -2.06. The number of nitrogens with one attached hydrogen (secondary N) is 1. The molecule has 4 aliphatic rings. The Morgan fingerprint density at radius 1 is 0.600 bits per heavy atom. The maximum absolute atomic E-state index is 10.4. The molecule has 8 bridgehead atoms. The van der Waals surface area contributed by atoms with Crippen LogP contribution in [0.1, 0.15) is 84.9 Å². The molecule has 1 aromatic heterocycles. The van der Waals surface area contributed by atoms with Gasteiger partial charge in [0, 0.05) is 16.5 Å². The normalized spacial score (nSPS) is 19.1. The fraction of sp³-hybridized carbons (Fsp3) is 0.382. The van der Waals surface area contributed by atoms with E-state index in [0.717, 1.165) is 106 Å². The van der Waals surface area contributed by atoms with Gasteiger partial charge in [-0.15, -0.1) is 0 Å². The molecule has 6 heteroatoms. The number of H-pyrrole nitrogens is 1. The van der Waals surface area contributed by atoms with Gasteiger partial charge in [-0.3, -0.25) is 0 Å². The summed E-state index contributed by atoms with van der Waals surface area (Å²) in [6.45, 7) is 12.8. The number of aliphatic imine (C=N–C) groups is 3. The number of aliphatic hydroxyl groups excluding tert-OH is 2. The Morgan fingerprint density at radius 3 is 1.50 bits per heavy atom. The van der Waals surface area contributed by atoms with Gasteiger partial charge in [0.2, 0.25) is 0 Å². The molecule has 0 radical (unpaired) electrons. The maximum atomic E-state index is 10.4. The number of rotatable bonds is 7. The van der Waals surface area contributed by atoms with E-state index in [1.807, 2.05) is 6.08 Å². The van der Waals surface area contributed by atoms with E-state index in [4.69, 9.17) is 15.0 Å². The zero-order chi connectivity index (χ0) is 28.6. The van der Waals surface area contributed by atoms with Crippen LogP contribution in [0.4, 0.5) is 0 Å². The van der Waals surface area contributed by atoms with Gasteiger partial charge in [-0.25, -0.2) is 15.0 Å². The molecule has 0 saturated carbocycles. The number of hydrogen-bond acceptors (Lipinski definition) is 5. The molecule has 5 heterocycles. The molecule has 0 aromatic carbocycles. The summed E-state index contributed by atoms with van der Waals surface area (Å²) in [5.41, 5.74) is 14.1. The van der Waals surface area contributed by atoms with Crippen LogP contribution in [0.25, 0.3) is 18.4 Å². The van der Waals surface area contributed by atoms with Crippen LogP contribution in [-0.2, 0) is 6.42 Å². The summed E-state index contributed by atoms with van der Waals surface area (Å²) in [7, 11) is 0. The van der Waals surface area contributed by atoms with Gasteiger partial charge in [0.15, 0.2) is 0 Å². The Bertz CT molecular complexity index is 1680. The Balaban J connectivity index is 1.90. The van der Waals surface area contributed by atoms with Crippen LogP contribution in [0, 0.1) is 0 Å². The molecule has 0 aliphatic carbocycles. The number of fused-ring (bicyclic) bond motifs is 5. The van der Waals surface area contributed by atoms with Crippen LogP contribution in [0.2, 0.25) is 0 Å². The molecule has 208 valence electrons. The molecule has 3 N–H and O–H groups in total. The van der Waals surface area contributed by atoms with Crippen molar-refractivity contribution < 1.29 is 10.2 Å². The molecule has 0 saturated heterocycles. The first-order chi connectivity index (χ1) is 19.5. The van der Waals surface area contributed by atoms with Crippen LogP contribution in [0.15, 0.2) is 77.7 Å². The van der Waals surface area contributed by atoms with Crippen molar-refractivity contribution in [3.05, 3.63) is 84.5 Å². The van der Waals surface area contributed by atoms with Gasteiger partial charge in [-0.05, 0) is 96.3 Å². The Kier molecular flexibility index (Phi) is 7.90. The Labute approximate surface area is 236 Å². The largest absolute Gasteiger partial charge is 0.515 e. The van der Waals surface area contributed by atoms with E-state index in [0.29, 0.717) is 0 Å². The lowest BCUT2D eigenvalue weighted by Crippen LogP contribution is -2.26. The molecule has 0 atom stereocenters. The molecule has 0 fully saturated rings. The van der Waals surface area contributed by atoms with Crippen LogP contribution >= 0.6 is 0 Å². The van der Waals surface area contributed by atoms with Crippen LogP contribution in [0.5, 0.6) is 0 Å². The first-order valence-corrected chi connectivity index (χ1v) is 14.7. The third-order valence-corrected chi connectivity index (χ3v) is 8.40. The fourth-order valence-electron chi connectivity index (χ4n) is 6.48. The van der Waals surface area contributed by atoms with Crippen molar-refractivity contribution in [1.82, 2.24) is 4.98 Å². The summed E-state index contributed by atoms with van der Waals surface area (Å²) in [5, 5.41) is 22.4. The predicted octanol–water partition coefficient (Wildman–Crippen LogP) is 6.07. The molecule has 1 aromatic rings. The van der Waals surface area contributed by atoms with Gasteiger partial charge in [0.05, 0.1) is 52.4 Å². The number of aromatic nitrogens is 1. The van der Waals surface area contributed by atoms with Crippen molar-refractivity contribution in [3.8, 4) is 0 Å². The minimum atomic E-state index is -0.0722. The molecule has 6 nitrogen and oxygen atoms in total. The minimum absolute atomic E-state index is 0.0722. The summed E-state index contributed by atoms with van der Waals surface area (Å²) in [6.07, 6.45) is 14.5. The first-order valence-electron chi connectivity index (χ1n) is 14.7. The van der Waals surface area contributed by atoms with Crippen LogP contribution in [-0.4, -0.2) is 38.9 Å². The molecular formula is C34H40N4O2. The number of aliphatic hydroxyl groups is 2. The highest BCUT2D eigenvalue weighted by atomic mass is 16.3. The smallest absolute Gasteiger partial charge is 0.0888 e. The van der Waals surface area contributed by atoms with E-state index in [-0.39, 0.29) is 6.61 Å². The molecule has 5 rings (SSSR count). The van der Waals surface area contributed by atoms with E-state index in [1.54, 1.807) is 0 Å². The summed E-state index contributed by atoms with van der Waals surface area (Å²) in [5.74, 6) is 0. The average molecular weight is 537 g/mol. The van der Waals surface area contributed by atoms with Crippen molar-refractivity contribution in [2.45, 2.75) is 80.1 Å². The quantitative estimate of drug-likeness (QED) is 0.394. The number of hydrogen-bond donors (Lipinski definition) is 3. The van der Waals surface area contributed by atoms with E-state index in [1.165, 1.54) is 28.6 Å². The lowest BCUT2D eigenvalue weighted by atomic mass is 9.96. The van der Waals surface area contributed by atoms with Gasteiger partial charge in [0.25, 0.3) is 0 Å². The molecule has 40 heavy (non-hydrogen) atoms. The summed E-state index contributed by atoms with van der Waals surface area (Å²) >= 11 is 0. The predicted molar refractivity (Wildman–Crippen MR) is 167 cm³/mol. The van der Waals surface area contributed by atoms with E-state index in [2.05, 4.69) is 64.8 Å². The van der Waals surface area contributed by atoms with Gasteiger partial charge >= 0.3 is 0 Å². The SMILES string of the molecule is CCC1=C(CC)C2=NC1=Cc1[nH]c(/c(=C/O)c1CC)=CC1=NC(=CC3=NC(=C2)C(CO)=C3CC)C(CC)=C1CC. The second-order valence-electron chi connectivity index (χ2n) is 10.3. The van der Waals surface area contributed by atoms with Gasteiger partial charge in [0.1, 0.15) is 0 Å². The summed E-state index contributed by atoms with van der Waals surface area (Å²) in [6, 6.07) is 0.